The lowest BCUT2D eigenvalue weighted by molar-refractivity contribution is 0.395. The highest BCUT2D eigenvalue weighted by Crippen LogP contribution is 2.07. The first-order chi connectivity index (χ1) is 7.58. The van der Waals surface area contributed by atoms with Crippen LogP contribution in [-0.2, 0) is 10.0 Å². The van der Waals surface area contributed by atoms with Gasteiger partial charge in [-0.05, 0) is 25.8 Å². The SMILES string of the molecule is CCCCN(CCCC)S(=O)(=O)CCCN. The molecule has 0 saturated carbocycles. The van der Waals surface area contributed by atoms with E-state index in [1.807, 2.05) is 0 Å². The van der Waals surface area contributed by atoms with Crippen LogP contribution in [0.25, 0.3) is 0 Å². The van der Waals surface area contributed by atoms with Crippen LogP contribution in [0.2, 0.25) is 0 Å². The van der Waals surface area contributed by atoms with E-state index in [1.165, 1.54) is 0 Å². The molecule has 0 unspecified atom stereocenters. The molecule has 0 fully saturated rings. The van der Waals surface area contributed by atoms with Crippen LogP contribution in [0.1, 0.15) is 46.0 Å². The van der Waals surface area contributed by atoms with Gasteiger partial charge >= 0.3 is 0 Å². The lowest BCUT2D eigenvalue weighted by Crippen LogP contribution is -2.35. The zero-order valence-corrected chi connectivity index (χ0v) is 11.4. The minimum atomic E-state index is -3.08. The van der Waals surface area contributed by atoms with Crippen molar-refractivity contribution in [2.75, 3.05) is 25.4 Å². The zero-order chi connectivity index (χ0) is 12.4. The normalized spacial score (nSPS) is 12.2. The second-order valence-electron chi connectivity index (χ2n) is 4.06. The van der Waals surface area contributed by atoms with Gasteiger partial charge in [-0.25, -0.2) is 12.7 Å². The van der Waals surface area contributed by atoms with E-state index in [0.717, 1.165) is 25.7 Å². The van der Waals surface area contributed by atoms with E-state index in [4.69, 9.17) is 5.73 Å². The van der Waals surface area contributed by atoms with Gasteiger partial charge in [-0.1, -0.05) is 26.7 Å². The summed E-state index contributed by atoms with van der Waals surface area (Å²) in [6, 6.07) is 0. The Morgan fingerprint density at radius 1 is 1.00 bits per heavy atom. The summed E-state index contributed by atoms with van der Waals surface area (Å²) in [4.78, 5) is 0. The number of sulfonamides is 1. The molecule has 0 atom stereocenters. The van der Waals surface area contributed by atoms with Crippen molar-refractivity contribution in [3.63, 3.8) is 0 Å². The Balaban J connectivity index is 4.33. The molecular formula is C11H26N2O2S. The van der Waals surface area contributed by atoms with Crippen LogP contribution in [0.5, 0.6) is 0 Å². The average Bonchev–Trinajstić information content (AvgIpc) is 2.26. The van der Waals surface area contributed by atoms with E-state index < -0.39 is 10.0 Å². The van der Waals surface area contributed by atoms with Gasteiger partial charge in [0.2, 0.25) is 10.0 Å². The number of nitrogens with zero attached hydrogens (tertiary/aromatic N) is 1. The molecule has 0 aromatic heterocycles. The highest BCUT2D eigenvalue weighted by molar-refractivity contribution is 7.89. The van der Waals surface area contributed by atoms with Crippen molar-refractivity contribution in [2.45, 2.75) is 46.0 Å². The predicted octanol–water partition coefficient (Wildman–Crippen LogP) is 1.57. The lowest BCUT2D eigenvalue weighted by Gasteiger charge is -2.21. The summed E-state index contributed by atoms with van der Waals surface area (Å²) in [6.45, 7) is 5.90. The summed E-state index contributed by atoms with van der Waals surface area (Å²) in [7, 11) is -3.08. The summed E-state index contributed by atoms with van der Waals surface area (Å²) in [5.74, 6) is 0.191. The third kappa shape index (κ3) is 6.45. The highest BCUT2D eigenvalue weighted by Gasteiger charge is 2.19. The second-order valence-corrected chi connectivity index (χ2v) is 6.15. The fourth-order valence-electron chi connectivity index (χ4n) is 1.45. The van der Waals surface area contributed by atoms with Crippen LogP contribution in [0.4, 0.5) is 0 Å². The van der Waals surface area contributed by atoms with Crippen molar-refractivity contribution in [1.82, 2.24) is 4.31 Å². The first-order valence-corrected chi connectivity index (χ1v) is 7.87. The number of unbranched alkanes of at least 4 members (excludes halogenated alkanes) is 2. The van der Waals surface area contributed by atoms with Crippen molar-refractivity contribution in [2.24, 2.45) is 5.73 Å². The molecule has 98 valence electrons. The molecule has 2 N–H and O–H groups in total. The maximum absolute atomic E-state index is 12.0. The molecule has 0 radical (unpaired) electrons. The molecule has 0 heterocycles. The van der Waals surface area contributed by atoms with Crippen LogP contribution in [0.3, 0.4) is 0 Å². The molecule has 16 heavy (non-hydrogen) atoms. The average molecular weight is 250 g/mol. The Kier molecular flexibility index (Phi) is 8.89. The van der Waals surface area contributed by atoms with E-state index in [2.05, 4.69) is 13.8 Å². The van der Waals surface area contributed by atoms with Crippen molar-refractivity contribution >= 4 is 10.0 Å². The van der Waals surface area contributed by atoms with Gasteiger partial charge in [0.25, 0.3) is 0 Å². The lowest BCUT2D eigenvalue weighted by atomic mass is 10.3. The van der Waals surface area contributed by atoms with E-state index in [-0.39, 0.29) is 5.75 Å². The molecule has 0 aromatic rings. The van der Waals surface area contributed by atoms with Gasteiger partial charge in [0, 0.05) is 13.1 Å². The molecule has 0 aliphatic carbocycles. The van der Waals surface area contributed by atoms with Crippen molar-refractivity contribution in [3.05, 3.63) is 0 Å². The minimum absolute atomic E-state index is 0.191. The topological polar surface area (TPSA) is 63.4 Å². The molecule has 0 aromatic carbocycles. The zero-order valence-electron chi connectivity index (χ0n) is 10.6. The standard InChI is InChI=1S/C11H26N2O2S/c1-3-5-9-13(10-6-4-2)16(14,15)11-7-8-12/h3-12H2,1-2H3. The largest absolute Gasteiger partial charge is 0.330 e. The molecular weight excluding hydrogens is 224 g/mol. The van der Waals surface area contributed by atoms with Gasteiger partial charge < -0.3 is 5.73 Å². The number of hydrogen-bond acceptors (Lipinski definition) is 3. The minimum Gasteiger partial charge on any atom is -0.330 e. The molecule has 0 aliphatic heterocycles. The summed E-state index contributed by atoms with van der Waals surface area (Å²) in [5, 5.41) is 0. The molecule has 0 rings (SSSR count). The third-order valence-corrected chi connectivity index (χ3v) is 4.48. The van der Waals surface area contributed by atoms with Crippen molar-refractivity contribution < 1.29 is 8.42 Å². The van der Waals surface area contributed by atoms with Crippen LogP contribution < -0.4 is 5.73 Å². The number of hydrogen-bond donors (Lipinski definition) is 1. The van der Waals surface area contributed by atoms with Crippen molar-refractivity contribution in [3.8, 4) is 0 Å². The van der Waals surface area contributed by atoms with E-state index >= 15 is 0 Å². The molecule has 0 spiro atoms. The molecule has 0 aliphatic rings. The first kappa shape index (κ1) is 15.9. The Morgan fingerprint density at radius 3 is 1.88 bits per heavy atom. The number of nitrogens with two attached hydrogens (primary N) is 1. The fourth-order valence-corrected chi connectivity index (χ4v) is 3.06. The fraction of sp³-hybridized carbons (Fsp3) is 1.00. The molecule has 0 saturated heterocycles. The number of rotatable bonds is 10. The van der Waals surface area contributed by atoms with Crippen LogP contribution in [0, 0.1) is 0 Å². The summed E-state index contributed by atoms with van der Waals surface area (Å²) in [6.07, 6.45) is 4.47. The van der Waals surface area contributed by atoms with E-state index in [0.29, 0.717) is 26.1 Å². The monoisotopic (exact) mass is 250 g/mol. The Labute approximate surface area is 100 Å². The van der Waals surface area contributed by atoms with Crippen LogP contribution in [-0.4, -0.2) is 38.1 Å². The molecule has 5 heteroatoms. The van der Waals surface area contributed by atoms with Gasteiger partial charge in [0.1, 0.15) is 0 Å². The van der Waals surface area contributed by atoms with Crippen molar-refractivity contribution in [1.29, 1.82) is 0 Å². The van der Waals surface area contributed by atoms with Crippen LogP contribution in [0.15, 0.2) is 0 Å². The third-order valence-electron chi connectivity index (χ3n) is 2.52. The maximum Gasteiger partial charge on any atom is 0.214 e. The Bertz CT molecular complexity index is 245. The summed E-state index contributed by atoms with van der Waals surface area (Å²) in [5.41, 5.74) is 5.35. The van der Waals surface area contributed by atoms with Gasteiger partial charge in [0.05, 0.1) is 5.75 Å². The highest BCUT2D eigenvalue weighted by atomic mass is 32.2. The smallest absolute Gasteiger partial charge is 0.214 e. The Hall–Kier alpha value is -0.130. The van der Waals surface area contributed by atoms with E-state index in [9.17, 15) is 8.42 Å². The van der Waals surface area contributed by atoms with Gasteiger partial charge in [-0.3, -0.25) is 0 Å². The first-order valence-electron chi connectivity index (χ1n) is 6.26. The molecule has 4 nitrogen and oxygen atoms in total. The van der Waals surface area contributed by atoms with Crippen LogP contribution >= 0.6 is 0 Å². The summed E-state index contributed by atoms with van der Waals surface area (Å²) >= 11 is 0. The predicted molar refractivity (Wildman–Crippen MR) is 68.8 cm³/mol. The van der Waals surface area contributed by atoms with Gasteiger partial charge in [-0.2, -0.15) is 0 Å². The van der Waals surface area contributed by atoms with Gasteiger partial charge in [-0.15, -0.1) is 0 Å². The van der Waals surface area contributed by atoms with Gasteiger partial charge in [0.15, 0.2) is 0 Å². The Morgan fingerprint density at radius 2 is 1.50 bits per heavy atom. The molecule has 0 amide bonds. The maximum atomic E-state index is 12.0. The second kappa shape index (κ2) is 8.96. The van der Waals surface area contributed by atoms with E-state index in [1.54, 1.807) is 4.31 Å². The summed E-state index contributed by atoms with van der Waals surface area (Å²) < 4.78 is 25.6. The quantitative estimate of drug-likeness (QED) is 0.640. The molecule has 0 bridgehead atoms.